The van der Waals surface area contributed by atoms with Crippen molar-refractivity contribution in [3.8, 4) is 0 Å². The summed E-state index contributed by atoms with van der Waals surface area (Å²) < 4.78 is 0. The second-order valence-electron chi connectivity index (χ2n) is 5.64. The van der Waals surface area contributed by atoms with Crippen molar-refractivity contribution >= 4 is 22.9 Å². The highest BCUT2D eigenvalue weighted by Crippen LogP contribution is 2.30. The van der Waals surface area contributed by atoms with Crippen molar-refractivity contribution in [1.29, 1.82) is 0 Å². The topological polar surface area (TPSA) is 32.5 Å². The molecule has 2 rings (SSSR count). The van der Waals surface area contributed by atoms with Gasteiger partial charge in [-0.3, -0.25) is 0 Å². The zero-order valence-corrected chi connectivity index (χ0v) is 12.8. The van der Waals surface area contributed by atoms with Crippen LogP contribution in [0.4, 0.5) is 5.69 Å². The molecule has 1 heterocycles. The van der Waals surface area contributed by atoms with Crippen LogP contribution < -0.4 is 10.6 Å². The van der Waals surface area contributed by atoms with E-state index in [-0.39, 0.29) is 0 Å². The summed E-state index contributed by atoms with van der Waals surface area (Å²) in [5, 5.41) is 0. The summed E-state index contributed by atoms with van der Waals surface area (Å²) in [7, 11) is 4.25. The molecule has 0 aliphatic carbocycles. The summed E-state index contributed by atoms with van der Waals surface area (Å²) in [4.78, 5) is 5.21. The van der Waals surface area contributed by atoms with Crippen LogP contribution in [0, 0.1) is 6.92 Å². The lowest BCUT2D eigenvalue weighted by Gasteiger charge is -2.30. The van der Waals surface area contributed by atoms with Gasteiger partial charge >= 0.3 is 0 Å². The van der Waals surface area contributed by atoms with E-state index >= 15 is 0 Å². The number of hydrogen-bond acceptors (Lipinski definition) is 3. The monoisotopic (exact) mass is 277 g/mol. The number of benzene rings is 1. The number of likely N-dealkylation sites (N-methyl/N-ethyl adjacent to an activating group) is 1. The van der Waals surface area contributed by atoms with Crippen LogP contribution in [-0.4, -0.2) is 43.1 Å². The normalized spacial score (nSPS) is 19.2. The predicted molar refractivity (Wildman–Crippen MR) is 86.0 cm³/mol. The molecular weight excluding hydrogens is 254 g/mol. The maximum atomic E-state index is 5.87. The molecule has 1 aliphatic rings. The van der Waals surface area contributed by atoms with Crippen molar-refractivity contribution in [1.82, 2.24) is 4.90 Å². The molecule has 104 valence electrons. The van der Waals surface area contributed by atoms with Gasteiger partial charge in [-0.05, 0) is 51.6 Å². The standard InChI is InChI=1S/C15H23N3S/c1-11-6-7-13(15(16)19)14(9-11)18-8-4-5-12(18)10-17(2)3/h6-7,9,12H,4-5,8,10H2,1-3H3,(H2,16,19). The molecule has 1 atom stereocenters. The van der Waals surface area contributed by atoms with Gasteiger partial charge in [0, 0.05) is 30.4 Å². The number of nitrogens with two attached hydrogens (primary N) is 1. The van der Waals surface area contributed by atoms with E-state index < -0.39 is 0 Å². The molecule has 1 unspecified atom stereocenters. The average Bonchev–Trinajstić information content (AvgIpc) is 2.75. The Morgan fingerprint density at radius 1 is 1.47 bits per heavy atom. The van der Waals surface area contributed by atoms with Crippen LogP contribution >= 0.6 is 12.2 Å². The molecule has 0 amide bonds. The van der Waals surface area contributed by atoms with Crippen molar-refractivity contribution in [2.45, 2.75) is 25.8 Å². The van der Waals surface area contributed by atoms with Gasteiger partial charge in [0.1, 0.15) is 4.99 Å². The first-order valence-electron chi connectivity index (χ1n) is 6.81. The average molecular weight is 277 g/mol. The molecule has 1 aromatic rings. The third kappa shape index (κ3) is 3.25. The Bertz CT molecular complexity index is 470. The Kier molecular flexibility index (Phi) is 4.42. The van der Waals surface area contributed by atoms with Gasteiger partial charge in [0.15, 0.2) is 0 Å². The van der Waals surface area contributed by atoms with E-state index in [0.717, 1.165) is 18.7 Å². The molecule has 2 N–H and O–H groups in total. The van der Waals surface area contributed by atoms with E-state index in [1.54, 1.807) is 0 Å². The molecule has 0 bridgehead atoms. The maximum absolute atomic E-state index is 5.87. The van der Waals surface area contributed by atoms with E-state index in [1.165, 1.54) is 24.1 Å². The molecular formula is C15H23N3S. The largest absolute Gasteiger partial charge is 0.389 e. The third-order valence-corrected chi connectivity index (χ3v) is 3.90. The Hall–Kier alpha value is -1.13. The van der Waals surface area contributed by atoms with Gasteiger partial charge in [-0.15, -0.1) is 0 Å². The molecule has 19 heavy (non-hydrogen) atoms. The van der Waals surface area contributed by atoms with Gasteiger partial charge < -0.3 is 15.5 Å². The van der Waals surface area contributed by atoms with Crippen LogP contribution in [-0.2, 0) is 0 Å². The highest BCUT2D eigenvalue weighted by Gasteiger charge is 2.27. The first-order valence-corrected chi connectivity index (χ1v) is 7.21. The van der Waals surface area contributed by atoms with Gasteiger partial charge in [-0.25, -0.2) is 0 Å². The fourth-order valence-electron chi connectivity index (χ4n) is 2.85. The second-order valence-corrected chi connectivity index (χ2v) is 6.08. The highest BCUT2D eigenvalue weighted by atomic mass is 32.1. The summed E-state index contributed by atoms with van der Waals surface area (Å²) in [5.41, 5.74) is 9.34. The Morgan fingerprint density at radius 2 is 2.21 bits per heavy atom. The zero-order valence-electron chi connectivity index (χ0n) is 12.0. The van der Waals surface area contributed by atoms with E-state index in [1.807, 2.05) is 0 Å². The summed E-state index contributed by atoms with van der Waals surface area (Å²) >= 11 is 5.20. The van der Waals surface area contributed by atoms with Gasteiger partial charge in [0.05, 0.1) is 0 Å². The third-order valence-electron chi connectivity index (χ3n) is 3.68. The van der Waals surface area contributed by atoms with Gasteiger partial charge in [0.25, 0.3) is 0 Å². The molecule has 1 aromatic carbocycles. The minimum Gasteiger partial charge on any atom is -0.389 e. The molecule has 3 nitrogen and oxygen atoms in total. The first kappa shape index (κ1) is 14.3. The minimum atomic E-state index is 0.491. The molecule has 1 saturated heterocycles. The van der Waals surface area contributed by atoms with Crippen molar-refractivity contribution < 1.29 is 0 Å². The molecule has 0 saturated carbocycles. The zero-order chi connectivity index (χ0) is 14.0. The molecule has 0 spiro atoms. The predicted octanol–water partition coefficient (Wildman–Crippen LogP) is 2.16. The first-order chi connectivity index (χ1) is 8.99. The van der Waals surface area contributed by atoms with Crippen molar-refractivity contribution in [2.24, 2.45) is 5.73 Å². The lowest BCUT2D eigenvalue weighted by Crippen LogP contribution is -2.38. The number of rotatable bonds is 4. The van der Waals surface area contributed by atoms with Gasteiger partial charge in [-0.2, -0.15) is 0 Å². The fraction of sp³-hybridized carbons (Fsp3) is 0.533. The molecule has 0 aromatic heterocycles. The van der Waals surface area contributed by atoms with E-state index in [0.29, 0.717) is 11.0 Å². The van der Waals surface area contributed by atoms with E-state index in [2.05, 4.69) is 49.0 Å². The van der Waals surface area contributed by atoms with Crippen molar-refractivity contribution in [3.05, 3.63) is 29.3 Å². The fourth-order valence-corrected chi connectivity index (χ4v) is 3.02. The van der Waals surface area contributed by atoms with Crippen LogP contribution in [0.3, 0.4) is 0 Å². The van der Waals surface area contributed by atoms with Crippen molar-refractivity contribution in [3.63, 3.8) is 0 Å². The highest BCUT2D eigenvalue weighted by molar-refractivity contribution is 7.80. The van der Waals surface area contributed by atoms with Crippen LogP contribution in [0.15, 0.2) is 18.2 Å². The van der Waals surface area contributed by atoms with Gasteiger partial charge in [0.2, 0.25) is 0 Å². The van der Waals surface area contributed by atoms with Gasteiger partial charge in [-0.1, -0.05) is 18.3 Å². The van der Waals surface area contributed by atoms with E-state index in [9.17, 15) is 0 Å². The lowest BCUT2D eigenvalue weighted by atomic mass is 10.1. The number of aryl methyl sites for hydroxylation is 1. The SMILES string of the molecule is Cc1ccc(C(N)=S)c(N2CCCC2CN(C)C)c1. The number of nitrogens with zero attached hydrogens (tertiary/aromatic N) is 2. The summed E-state index contributed by atoms with van der Waals surface area (Å²) in [5.74, 6) is 0. The summed E-state index contributed by atoms with van der Waals surface area (Å²) in [6, 6.07) is 6.90. The van der Waals surface area contributed by atoms with Crippen molar-refractivity contribution in [2.75, 3.05) is 32.1 Å². The number of thiocarbonyl (C=S) groups is 1. The van der Waals surface area contributed by atoms with E-state index in [4.69, 9.17) is 18.0 Å². The van der Waals surface area contributed by atoms with Crippen LogP contribution in [0.1, 0.15) is 24.0 Å². The maximum Gasteiger partial charge on any atom is 0.106 e. The van der Waals surface area contributed by atoms with Crippen LogP contribution in [0.5, 0.6) is 0 Å². The Labute approximate surface area is 121 Å². The molecule has 1 fully saturated rings. The molecule has 1 aliphatic heterocycles. The minimum absolute atomic E-state index is 0.491. The smallest absolute Gasteiger partial charge is 0.106 e. The number of anilines is 1. The quantitative estimate of drug-likeness (QED) is 0.855. The number of hydrogen-bond donors (Lipinski definition) is 1. The Balaban J connectivity index is 2.34. The summed E-state index contributed by atoms with van der Waals surface area (Å²) in [6.45, 7) is 4.28. The van der Waals surface area contributed by atoms with Crippen LogP contribution in [0.25, 0.3) is 0 Å². The Morgan fingerprint density at radius 3 is 2.84 bits per heavy atom. The molecule has 4 heteroatoms. The summed E-state index contributed by atoms with van der Waals surface area (Å²) in [6.07, 6.45) is 2.48. The van der Waals surface area contributed by atoms with Crippen LogP contribution in [0.2, 0.25) is 0 Å². The molecule has 0 radical (unpaired) electrons. The second kappa shape index (κ2) is 5.88. The lowest BCUT2D eigenvalue weighted by molar-refractivity contribution is 0.372.